The maximum absolute atomic E-state index is 12.7. The minimum Gasteiger partial charge on any atom is -0.406 e. The molecule has 2 heterocycles. The van der Waals surface area contributed by atoms with Crippen molar-refractivity contribution in [3.05, 3.63) is 89.2 Å². The highest BCUT2D eigenvalue weighted by Crippen LogP contribution is 2.33. The lowest BCUT2D eigenvalue weighted by atomic mass is 10.0. The number of carbonyl (C=O) groups is 1. The van der Waals surface area contributed by atoms with Crippen molar-refractivity contribution >= 4 is 45.9 Å². The Morgan fingerprint density at radius 1 is 1.09 bits per heavy atom. The predicted octanol–water partition coefficient (Wildman–Crippen LogP) is 6.70. The molecule has 0 spiro atoms. The summed E-state index contributed by atoms with van der Waals surface area (Å²) in [5.74, 6) is 0.490. The van der Waals surface area contributed by atoms with Gasteiger partial charge in [-0.25, -0.2) is 9.67 Å². The summed E-state index contributed by atoms with van der Waals surface area (Å²) >= 11 is 6.86. The molecule has 0 saturated carbocycles. The molecular formula is C31H29F3N6O2S2. The van der Waals surface area contributed by atoms with E-state index in [-0.39, 0.29) is 11.7 Å². The molecule has 228 valence electrons. The van der Waals surface area contributed by atoms with Gasteiger partial charge in [-0.1, -0.05) is 47.7 Å². The van der Waals surface area contributed by atoms with E-state index in [2.05, 4.69) is 37.3 Å². The summed E-state index contributed by atoms with van der Waals surface area (Å²) in [6.45, 7) is 6.62. The summed E-state index contributed by atoms with van der Waals surface area (Å²) in [5, 5.41) is 8.57. The number of aromatic nitrogens is 3. The Morgan fingerprint density at radius 2 is 1.82 bits per heavy atom. The second-order valence-electron chi connectivity index (χ2n) is 10.2. The molecule has 0 unspecified atom stereocenters. The number of carbonyl (C=O) groups excluding carboxylic acids is 1. The highest BCUT2D eigenvalue weighted by atomic mass is 32.2. The number of nitrogens with zero attached hydrogens (tertiary/aromatic N) is 5. The molecule has 1 amide bonds. The van der Waals surface area contributed by atoms with E-state index >= 15 is 0 Å². The number of ether oxygens (including phenoxy) is 1. The highest BCUT2D eigenvalue weighted by molar-refractivity contribution is 8.15. The quantitative estimate of drug-likeness (QED) is 0.170. The summed E-state index contributed by atoms with van der Waals surface area (Å²) in [5.41, 5.74) is 6.48. The number of rotatable bonds is 8. The first kappa shape index (κ1) is 31.2. The van der Waals surface area contributed by atoms with Crippen LogP contribution in [-0.2, 0) is 11.2 Å². The Balaban J connectivity index is 1.16. The van der Waals surface area contributed by atoms with Gasteiger partial charge in [0.25, 0.3) is 0 Å². The van der Waals surface area contributed by atoms with Gasteiger partial charge < -0.3 is 10.1 Å². The van der Waals surface area contributed by atoms with Gasteiger partial charge in [0.05, 0.1) is 17.1 Å². The third-order valence-electron chi connectivity index (χ3n) is 6.75. The Kier molecular flexibility index (Phi) is 9.35. The minimum atomic E-state index is -4.75. The van der Waals surface area contributed by atoms with Gasteiger partial charge in [0.1, 0.15) is 12.1 Å². The van der Waals surface area contributed by atoms with Gasteiger partial charge in [0, 0.05) is 12.1 Å². The number of aliphatic imine (C=N–C) groups is 1. The molecule has 0 bridgehead atoms. The number of thioether (sulfide) groups is 1. The maximum Gasteiger partial charge on any atom is 0.573 e. The van der Waals surface area contributed by atoms with Gasteiger partial charge in [-0.05, 0) is 92.9 Å². The van der Waals surface area contributed by atoms with Crippen molar-refractivity contribution in [3.8, 4) is 22.8 Å². The Morgan fingerprint density at radius 3 is 2.52 bits per heavy atom. The number of halogens is 3. The van der Waals surface area contributed by atoms with Crippen molar-refractivity contribution in [2.24, 2.45) is 4.99 Å². The van der Waals surface area contributed by atoms with E-state index in [0.717, 1.165) is 46.3 Å². The van der Waals surface area contributed by atoms with E-state index in [1.165, 1.54) is 47.0 Å². The average Bonchev–Trinajstić information content (AvgIpc) is 3.58. The Labute approximate surface area is 262 Å². The standard InChI is InChI=1S/C31H29F3N6O2S2/c1-19-14-20(2)27(21(3)15-19)40-26(41)17-44-30(40)37-29(43)35-13-5-7-22-6-4-8-23(16-22)28-36-18-39(38-28)24-9-11-25(12-10-24)42-31(32,33)34/h4,6,8-12,14-16,18H,5,7,13,17H2,1-3H3,(H,35,43)/b37-30-. The number of alkyl halides is 3. The van der Waals surface area contributed by atoms with Crippen LogP contribution in [0.2, 0.25) is 0 Å². The lowest BCUT2D eigenvalue weighted by Gasteiger charge is -2.21. The zero-order chi connectivity index (χ0) is 31.4. The van der Waals surface area contributed by atoms with Crippen molar-refractivity contribution in [3.63, 3.8) is 0 Å². The van der Waals surface area contributed by atoms with Crippen LogP contribution in [0.3, 0.4) is 0 Å². The van der Waals surface area contributed by atoms with E-state index in [1.807, 2.05) is 45.0 Å². The lowest BCUT2D eigenvalue weighted by molar-refractivity contribution is -0.274. The van der Waals surface area contributed by atoms with E-state index in [4.69, 9.17) is 12.2 Å². The van der Waals surface area contributed by atoms with E-state index in [1.54, 1.807) is 4.90 Å². The lowest BCUT2D eigenvalue weighted by Crippen LogP contribution is -2.32. The monoisotopic (exact) mass is 638 g/mol. The summed E-state index contributed by atoms with van der Waals surface area (Å²) < 4.78 is 42.7. The second-order valence-corrected chi connectivity index (χ2v) is 11.6. The molecule has 1 aromatic heterocycles. The zero-order valence-electron chi connectivity index (χ0n) is 24.2. The summed E-state index contributed by atoms with van der Waals surface area (Å²) in [6, 6.07) is 17.4. The number of hydrogen-bond acceptors (Lipinski definition) is 6. The molecule has 13 heteroatoms. The largest absolute Gasteiger partial charge is 0.573 e. The van der Waals surface area contributed by atoms with Crippen LogP contribution in [0.25, 0.3) is 17.1 Å². The van der Waals surface area contributed by atoms with Crippen LogP contribution in [0.4, 0.5) is 18.9 Å². The normalized spacial score (nSPS) is 14.4. The predicted molar refractivity (Wildman–Crippen MR) is 170 cm³/mol. The Hall–Kier alpha value is -4.23. The van der Waals surface area contributed by atoms with Gasteiger partial charge in [-0.2, -0.15) is 4.99 Å². The summed E-state index contributed by atoms with van der Waals surface area (Å²) in [4.78, 5) is 23.3. The van der Waals surface area contributed by atoms with Gasteiger partial charge in [0.2, 0.25) is 5.91 Å². The van der Waals surface area contributed by atoms with Crippen molar-refractivity contribution < 1.29 is 22.7 Å². The second kappa shape index (κ2) is 13.2. The fraction of sp³-hybridized carbons (Fsp3) is 0.258. The topological polar surface area (TPSA) is 84.6 Å². The first-order chi connectivity index (χ1) is 21.0. The minimum absolute atomic E-state index is 0.0146. The molecule has 3 aromatic carbocycles. The number of aryl methyl sites for hydroxylation is 4. The van der Waals surface area contributed by atoms with Crippen LogP contribution in [0.5, 0.6) is 5.75 Å². The molecule has 0 radical (unpaired) electrons. The molecular weight excluding hydrogens is 610 g/mol. The van der Waals surface area contributed by atoms with Crippen LogP contribution in [-0.4, -0.2) is 49.6 Å². The van der Waals surface area contributed by atoms with Crippen molar-refractivity contribution in [2.75, 3.05) is 17.2 Å². The van der Waals surface area contributed by atoms with E-state index < -0.39 is 6.36 Å². The fourth-order valence-corrected chi connectivity index (χ4v) is 6.10. The average molecular weight is 639 g/mol. The first-order valence-electron chi connectivity index (χ1n) is 13.7. The van der Waals surface area contributed by atoms with Crippen LogP contribution < -0.4 is 15.0 Å². The molecule has 44 heavy (non-hydrogen) atoms. The van der Waals surface area contributed by atoms with Gasteiger partial charge in [-0.15, -0.1) is 18.3 Å². The highest BCUT2D eigenvalue weighted by Gasteiger charge is 2.32. The number of nitrogens with one attached hydrogen (secondary N) is 1. The number of thiocarbonyl (C=S) groups is 1. The van der Waals surface area contributed by atoms with Gasteiger partial charge in [0.15, 0.2) is 16.1 Å². The molecule has 1 aliphatic heterocycles. The molecule has 1 saturated heterocycles. The molecule has 0 aliphatic carbocycles. The molecule has 1 fully saturated rings. The SMILES string of the molecule is Cc1cc(C)c(N2C(=O)CS/C2=N\C(=S)NCCCc2cccc(-c3ncn(-c4ccc(OC(F)(F)F)cc4)n3)c2)c(C)c1. The molecule has 0 atom stereocenters. The number of amidine groups is 1. The zero-order valence-corrected chi connectivity index (χ0v) is 25.8. The molecule has 8 nitrogen and oxygen atoms in total. The number of hydrogen-bond donors (Lipinski definition) is 1. The summed E-state index contributed by atoms with van der Waals surface area (Å²) in [6.07, 6.45) is -1.69. The maximum atomic E-state index is 12.7. The molecule has 5 rings (SSSR count). The van der Waals surface area contributed by atoms with Gasteiger partial charge >= 0.3 is 6.36 Å². The molecule has 4 aromatic rings. The van der Waals surface area contributed by atoms with Crippen molar-refractivity contribution in [2.45, 2.75) is 40.0 Å². The third-order valence-corrected chi connectivity index (χ3v) is 7.91. The number of amides is 1. The van der Waals surface area contributed by atoms with Crippen LogP contribution in [0.1, 0.15) is 28.7 Å². The molecule has 1 N–H and O–H groups in total. The van der Waals surface area contributed by atoms with Crippen molar-refractivity contribution in [1.29, 1.82) is 0 Å². The van der Waals surface area contributed by atoms with Crippen LogP contribution >= 0.6 is 24.0 Å². The number of benzene rings is 3. The third kappa shape index (κ3) is 7.64. The van der Waals surface area contributed by atoms with Crippen LogP contribution in [0.15, 0.2) is 72.0 Å². The van der Waals surface area contributed by atoms with E-state index in [9.17, 15) is 18.0 Å². The van der Waals surface area contributed by atoms with Crippen molar-refractivity contribution in [1.82, 2.24) is 20.1 Å². The van der Waals surface area contributed by atoms with Gasteiger partial charge in [-0.3, -0.25) is 9.69 Å². The number of anilines is 1. The molecule has 1 aliphatic rings. The fourth-order valence-electron chi connectivity index (χ4n) is 4.99. The summed E-state index contributed by atoms with van der Waals surface area (Å²) in [7, 11) is 0. The van der Waals surface area contributed by atoms with Crippen LogP contribution in [0, 0.1) is 20.8 Å². The Bertz CT molecular complexity index is 1700. The van der Waals surface area contributed by atoms with E-state index in [0.29, 0.717) is 34.1 Å². The first-order valence-corrected chi connectivity index (χ1v) is 15.1. The smallest absolute Gasteiger partial charge is 0.406 e.